The summed E-state index contributed by atoms with van der Waals surface area (Å²) in [6, 6.07) is 6.29. The van der Waals surface area contributed by atoms with Gasteiger partial charge in [-0.05, 0) is 24.3 Å². The number of carbonyl (C=O) groups excluding carboxylic acids is 1. The molecule has 0 saturated carbocycles. The van der Waals surface area contributed by atoms with Crippen molar-refractivity contribution in [2.45, 2.75) is 0 Å². The van der Waals surface area contributed by atoms with Gasteiger partial charge in [0.2, 0.25) is 11.7 Å². The predicted molar refractivity (Wildman–Crippen MR) is 71.4 cm³/mol. The average molecular weight is 275 g/mol. The molecular weight excluding hydrogens is 262 g/mol. The third kappa shape index (κ3) is 2.75. The SMILES string of the molecule is COc1c(NN)ncnc1Oc1ccc(C(N)=O)cc1. The van der Waals surface area contributed by atoms with Crippen LogP contribution in [0.4, 0.5) is 5.82 Å². The summed E-state index contributed by atoms with van der Waals surface area (Å²) in [5.41, 5.74) is 7.92. The second-order valence-electron chi connectivity index (χ2n) is 3.70. The Hall–Kier alpha value is -2.87. The van der Waals surface area contributed by atoms with Gasteiger partial charge in [0.05, 0.1) is 7.11 Å². The molecule has 1 amide bonds. The van der Waals surface area contributed by atoms with Gasteiger partial charge in [-0.25, -0.2) is 10.8 Å². The molecule has 0 aliphatic rings. The number of rotatable bonds is 5. The van der Waals surface area contributed by atoms with E-state index in [0.717, 1.165) is 0 Å². The lowest BCUT2D eigenvalue weighted by molar-refractivity contribution is 0.100. The Labute approximate surface area is 114 Å². The smallest absolute Gasteiger partial charge is 0.268 e. The van der Waals surface area contributed by atoms with Crippen LogP contribution in [0.2, 0.25) is 0 Å². The second-order valence-corrected chi connectivity index (χ2v) is 3.70. The fourth-order valence-corrected chi connectivity index (χ4v) is 1.52. The van der Waals surface area contributed by atoms with Crippen LogP contribution in [0.1, 0.15) is 10.4 Å². The summed E-state index contributed by atoms with van der Waals surface area (Å²) in [6.07, 6.45) is 1.28. The van der Waals surface area contributed by atoms with Gasteiger partial charge in [0.25, 0.3) is 5.88 Å². The Morgan fingerprint density at radius 2 is 1.95 bits per heavy atom. The van der Waals surface area contributed by atoms with Gasteiger partial charge in [0, 0.05) is 5.56 Å². The highest BCUT2D eigenvalue weighted by atomic mass is 16.5. The van der Waals surface area contributed by atoms with Crippen LogP contribution >= 0.6 is 0 Å². The molecule has 0 saturated heterocycles. The molecular formula is C12H13N5O3. The van der Waals surface area contributed by atoms with Crippen LogP contribution in [0, 0.1) is 0 Å². The molecule has 104 valence electrons. The van der Waals surface area contributed by atoms with E-state index < -0.39 is 5.91 Å². The monoisotopic (exact) mass is 275 g/mol. The van der Waals surface area contributed by atoms with Crippen molar-refractivity contribution in [3.05, 3.63) is 36.2 Å². The number of anilines is 1. The first-order valence-electron chi connectivity index (χ1n) is 5.59. The van der Waals surface area contributed by atoms with Gasteiger partial charge in [-0.3, -0.25) is 4.79 Å². The van der Waals surface area contributed by atoms with E-state index in [4.69, 9.17) is 21.1 Å². The molecule has 0 aliphatic carbocycles. The van der Waals surface area contributed by atoms with E-state index in [1.54, 1.807) is 24.3 Å². The van der Waals surface area contributed by atoms with Crippen molar-refractivity contribution in [1.82, 2.24) is 9.97 Å². The molecule has 5 N–H and O–H groups in total. The summed E-state index contributed by atoms with van der Waals surface area (Å²) in [5, 5.41) is 0. The highest BCUT2D eigenvalue weighted by molar-refractivity contribution is 5.92. The number of primary amides is 1. The second kappa shape index (κ2) is 5.85. The van der Waals surface area contributed by atoms with Crippen LogP contribution in [0.3, 0.4) is 0 Å². The Morgan fingerprint density at radius 3 is 2.50 bits per heavy atom. The number of hydrogen-bond acceptors (Lipinski definition) is 7. The molecule has 1 heterocycles. The summed E-state index contributed by atoms with van der Waals surface area (Å²) >= 11 is 0. The van der Waals surface area contributed by atoms with Crippen molar-refractivity contribution in [3.63, 3.8) is 0 Å². The molecule has 0 spiro atoms. The minimum atomic E-state index is -0.509. The molecule has 2 rings (SSSR count). The van der Waals surface area contributed by atoms with Gasteiger partial charge in [-0.1, -0.05) is 0 Å². The van der Waals surface area contributed by atoms with Crippen molar-refractivity contribution in [2.24, 2.45) is 11.6 Å². The quantitative estimate of drug-likeness (QED) is 0.540. The van der Waals surface area contributed by atoms with E-state index >= 15 is 0 Å². The number of nitrogens with two attached hydrogens (primary N) is 2. The summed E-state index contributed by atoms with van der Waals surface area (Å²) in [7, 11) is 1.45. The number of nitrogen functional groups attached to an aromatic ring is 1. The van der Waals surface area contributed by atoms with Crippen LogP contribution in [-0.4, -0.2) is 23.0 Å². The minimum Gasteiger partial charge on any atom is -0.489 e. The first-order valence-corrected chi connectivity index (χ1v) is 5.59. The van der Waals surface area contributed by atoms with Crippen molar-refractivity contribution in [2.75, 3.05) is 12.5 Å². The number of carbonyl (C=O) groups is 1. The van der Waals surface area contributed by atoms with Gasteiger partial charge in [0.15, 0.2) is 5.82 Å². The molecule has 1 aromatic carbocycles. The molecule has 0 bridgehead atoms. The van der Waals surface area contributed by atoms with E-state index in [0.29, 0.717) is 17.1 Å². The van der Waals surface area contributed by atoms with E-state index in [-0.39, 0.29) is 11.6 Å². The number of nitrogens with one attached hydrogen (secondary N) is 1. The van der Waals surface area contributed by atoms with Gasteiger partial charge in [0.1, 0.15) is 12.1 Å². The maximum atomic E-state index is 11.0. The number of nitrogens with zero attached hydrogens (tertiary/aromatic N) is 2. The van der Waals surface area contributed by atoms with E-state index in [1.165, 1.54) is 13.4 Å². The fraction of sp³-hybridized carbons (Fsp3) is 0.0833. The molecule has 2 aromatic rings. The molecule has 20 heavy (non-hydrogen) atoms. The van der Waals surface area contributed by atoms with E-state index in [9.17, 15) is 4.79 Å². The van der Waals surface area contributed by atoms with E-state index in [1.807, 2.05) is 0 Å². The third-order valence-corrected chi connectivity index (χ3v) is 2.47. The largest absolute Gasteiger partial charge is 0.489 e. The van der Waals surface area contributed by atoms with E-state index in [2.05, 4.69) is 15.4 Å². The normalized spacial score (nSPS) is 9.90. The molecule has 0 aliphatic heterocycles. The molecule has 1 aromatic heterocycles. The van der Waals surface area contributed by atoms with Crippen molar-refractivity contribution < 1.29 is 14.3 Å². The first-order chi connectivity index (χ1) is 9.65. The zero-order valence-electron chi connectivity index (χ0n) is 10.7. The minimum absolute atomic E-state index is 0.197. The fourth-order valence-electron chi connectivity index (χ4n) is 1.52. The van der Waals surface area contributed by atoms with Gasteiger partial charge < -0.3 is 20.6 Å². The van der Waals surface area contributed by atoms with Crippen LogP contribution in [0.5, 0.6) is 17.4 Å². The van der Waals surface area contributed by atoms with Crippen LogP contribution in [0.15, 0.2) is 30.6 Å². The summed E-state index contributed by atoms with van der Waals surface area (Å²) in [5.74, 6) is 6.04. The highest BCUT2D eigenvalue weighted by Crippen LogP contribution is 2.33. The summed E-state index contributed by atoms with van der Waals surface area (Å²) < 4.78 is 10.7. The molecule has 0 fully saturated rings. The number of methoxy groups -OCH3 is 1. The molecule has 8 heteroatoms. The lowest BCUT2D eigenvalue weighted by atomic mass is 10.2. The maximum Gasteiger partial charge on any atom is 0.268 e. The number of amides is 1. The number of hydrazine groups is 1. The summed E-state index contributed by atoms with van der Waals surface area (Å²) in [4.78, 5) is 18.8. The topological polar surface area (TPSA) is 125 Å². The molecule has 0 unspecified atom stereocenters. The highest BCUT2D eigenvalue weighted by Gasteiger charge is 2.13. The summed E-state index contributed by atoms with van der Waals surface area (Å²) in [6.45, 7) is 0. The lowest BCUT2D eigenvalue weighted by Crippen LogP contribution is -2.11. The van der Waals surface area contributed by atoms with Crippen LogP contribution < -0.4 is 26.5 Å². The number of aromatic nitrogens is 2. The number of hydrogen-bond donors (Lipinski definition) is 3. The average Bonchev–Trinajstić information content (AvgIpc) is 2.47. The Morgan fingerprint density at radius 1 is 1.25 bits per heavy atom. The van der Waals surface area contributed by atoms with Crippen LogP contribution in [-0.2, 0) is 0 Å². The lowest BCUT2D eigenvalue weighted by Gasteiger charge is -2.11. The van der Waals surface area contributed by atoms with Gasteiger partial charge >= 0.3 is 0 Å². The van der Waals surface area contributed by atoms with Crippen LogP contribution in [0.25, 0.3) is 0 Å². The van der Waals surface area contributed by atoms with Crippen molar-refractivity contribution >= 4 is 11.7 Å². The van der Waals surface area contributed by atoms with Gasteiger partial charge in [-0.2, -0.15) is 4.98 Å². The first kappa shape index (κ1) is 13.6. The molecule has 0 atom stereocenters. The Balaban J connectivity index is 2.27. The number of ether oxygens (including phenoxy) is 2. The Bertz CT molecular complexity index is 615. The van der Waals surface area contributed by atoms with Gasteiger partial charge in [-0.15, -0.1) is 0 Å². The van der Waals surface area contributed by atoms with Crippen molar-refractivity contribution in [1.29, 1.82) is 0 Å². The zero-order valence-corrected chi connectivity index (χ0v) is 10.7. The maximum absolute atomic E-state index is 11.0. The van der Waals surface area contributed by atoms with Crippen molar-refractivity contribution in [3.8, 4) is 17.4 Å². The predicted octanol–water partition coefficient (Wildman–Crippen LogP) is 0.662. The Kier molecular flexibility index (Phi) is 3.96. The zero-order chi connectivity index (χ0) is 14.5. The molecule has 8 nitrogen and oxygen atoms in total. The standard InChI is InChI=1S/C12H13N5O3/c1-19-9-11(17-14)15-6-16-12(9)20-8-4-2-7(3-5-8)10(13)18/h2-6H,14H2,1H3,(H2,13,18)(H,15,16,17). The number of benzene rings is 1. The molecule has 0 radical (unpaired) electrons. The third-order valence-electron chi connectivity index (χ3n) is 2.47.